The van der Waals surface area contributed by atoms with Crippen LogP contribution in [0.25, 0.3) is 0 Å². The van der Waals surface area contributed by atoms with Crippen LogP contribution in [0.4, 0.5) is 0 Å². The number of hydrogen-bond acceptors (Lipinski definition) is 3. The maximum absolute atomic E-state index is 10.5. The molecule has 0 radical (unpaired) electrons. The number of carbonyl (C=O) groups excluding carboxylic acids is 2. The highest BCUT2D eigenvalue weighted by atomic mass is 16.5. The van der Waals surface area contributed by atoms with Crippen LogP contribution in [0.1, 0.15) is 149 Å². The molecule has 0 saturated carbocycles. The summed E-state index contributed by atoms with van der Waals surface area (Å²) in [6.45, 7) is 6.57. The van der Waals surface area contributed by atoms with Crippen molar-refractivity contribution >= 4 is 12.3 Å². The molecule has 0 saturated heterocycles. The van der Waals surface area contributed by atoms with Gasteiger partial charge in [0.25, 0.3) is 0 Å². The molecule has 0 unspecified atom stereocenters. The lowest BCUT2D eigenvalue weighted by atomic mass is 10.1. The maximum atomic E-state index is 10.5. The van der Waals surface area contributed by atoms with Gasteiger partial charge >= 0.3 is 5.97 Å². The van der Waals surface area contributed by atoms with E-state index in [0.717, 1.165) is 25.5 Å². The Bertz CT molecular complexity index is 315. The van der Waals surface area contributed by atoms with Crippen molar-refractivity contribution in [2.75, 3.05) is 6.61 Å². The first-order valence-electron chi connectivity index (χ1n) is 12.8. The van der Waals surface area contributed by atoms with Crippen LogP contribution in [0.2, 0.25) is 0 Å². The summed E-state index contributed by atoms with van der Waals surface area (Å²) in [5.41, 5.74) is 0. The molecule has 0 bridgehead atoms. The Labute approximate surface area is 182 Å². The first-order valence-corrected chi connectivity index (χ1v) is 12.8. The number of carbonyl (C=O) groups is 2. The van der Waals surface area contributed by atoms with Crippen molar-refractivity contribution in [3.8, 4) is 0 Å². The number of ether oxygens (including phenoxy) is 1. The number of esters is 1. The summed E-state index contributed by atoms with van der Waals surface area (Å²) in [5.74, 6) is -0.157. The topological polar surface area (TPSA) is 43.4 Å². The van der Waals surface area contributed by atoms with E-state index in [1.807, 2.05) is 0 Å². The average molecular weight is 413 g/mol. The predicted octanol–water partition coefficient (Wildman–Crippen LogP) is 8.58. The van der Waals surface area contributed by atoms with Crippen molar-refractivity contribution in [1.29, 1.82) is 0 Å². The summed E-state index contributed by atoms with van der Waals surface area (Å²) < 4.78 is 4.87. The Morgan fingerprint density at radius 1 is 0.586 bits per heavy atom. The normalized spacial score (nSPS) is 10.3. The van der Waals surface area contributed by atoms with Crippen LogP contribution in [-0.2, 0) is 14.3 Å². The van der Waals surface area contributed by atoms with E-state index in [0.29, 0.717) is 6.61 Å². The molecule has 0 aromatic rings. The lowest BCUT2D eigenvalue weighted by Gasteiger charge is -2.02. The monoisotopic (exact) mass is 412 g/mol. The van der Waals surface area contributed by atoms with E-state index in [1.165, 1.54) is 116 Å². The minimum atomic E-state index is -0.157. The molecule has 3 nitrogen and oxygen atoms in total. The highest BCUT2D eigenvalue weighted by Crippen LogP contribution is 2.11. The van der Waals surface area contributed by atoms with Gasteiger partial charge in [0.2, 0.25) is 0 Å². The Balaban J connectivity index is 0. The Morgan fingerprint density at radius 3 is 1.28 bits per heavy atom. The minimum absolute atomic E-state index is 0.157. The van der Waals surface area contributed by atoms with Gasteiger partial charge in [-0.25, -0.2) is 0 Å². The van der Waals surface area contributed by atoms with E-state index in [-0.39, 0.29) is 5.97 Å². The molecule has 0 aliphatic rings. The van der Waals surface area contributed by atoms with Crippen molar-refractivity contribution in [3.63, 3.8) is 0 Å². The van der Waals surface area contributed by atoms with E-state index in [2.05, 4.69) is 13.8 Å². The van der Waals surface area contributed by atoms with Gasteiger partial charge < -0.3 is 9.53 Å². The molecule has 3 heteroatoms. The zero-order chi connectivity index (χ0) is 21.8. The van der Waals surface area contributed by atoms with Crippen LogP contribution < -0.4 is 0 Å². The zero-order valence-electron chi connectivity index (χ0n) is 20.2. The smallest absolute Gasteiger partial charge is 0.302 e. The first kappa shape index (κ1) is 30.3. The predicted molar refractivity (Wildman–Crippen MR) is 126 cm³/mol. The molecule has 0 aliphatic heterocycles. The van der Waals surface area contributed by atoms with Gasteiger partial charge in [-0.2, -0.15) is 0 Å². The summed E-state index contributed by atoms with van der Waals surface area (Å²) in [7, 11) is 0. The van der Waals surface area contributed by atoms with Crippen LogP contribution in [-0.4, -0.2) is 18.9 Å². The lowest BCUT2D eigenvalue weighted by Crippen LogP contribution is -2.00. The summed E-state index contributed by atoms with van der Waals surface area (Å²) in [4.78, 5) is 20.5. The van der Waals surface area contributed by atoms with E-state index in [1.54, 1.807) is 0 Å². The van der Waals surface area contributed by atoms with Gasteiger partial charge in [0, 0.05) is 13.3 Å². The van der Waals surface area contributed by atoms with Crippen LogP contribution in [0.5, 0.6) is 0 Å². The minimum Gasteiger partial charge on any atom is -0.466 e. The number of unbranched alkanes of at least 4 members (excludes halogenated alkanes) is 18. The Kier molecular flexibility index (Phi) is 30.7. The van der Waals surface area contributed by atoms with E-state index in [4.69, 9.17) is 4.74 Å². The van der Waals surface area contributed by atoms with Crippen molar-refractivity contribution in [2.24, 2.45) is 0 Å². The largest absolute Gasteiger partial charge is 0.466 e. The third kappa shape index (κ3) is 35.0. The van der Waals surface area contributed by atoms with Gasteiger partial charge in [-0.05, 0) is 12.8 Å². The Morgan fingerprint density at radius 2 is 0.931 bits per heavy atom. The van der Waals surface area contributed by atoms with Gasteiger partial charge in [-0.3, -0.25) is 4.79 Å². The SMILES string of the molecule is CCCCCCCCCCCC=O.CCCCCCCCCCCCOC(C)=O. The van der Waals surface area contributed by atoms with E-state index >= 15 is 0 Å². The molecule has 0 rings (SSSR count). The van der Waals surface area contributed by atoms with Crippen molar-refractivity contribution in [3.05, 3.63) is 0 Å². The molecule has 29 heavy (non-hydrogen) atoms. The van der Waals surface area contributed by atoms with Gasteiger partial charge in [-0.1, -0.05) is 123 Å². The molecular weight excluding hydrogens is 360 g/mol. The first-order chi connectivity index (χ1) is 14.2. The fourth-order valence-electron chi connectivity index (χ4n) is 3.34. The highest BCUT2D eigenvalue weighted by molar-refractivity contribution is 5.65. The van der Waals surface area contributed by atoms with Crippen LogP contribution in [0.3, 0.4) is 0 Å². The van der Waals surface area contributed by atoms with Gasteiger partial charge in [0.05, 0.1) is 6.61 Å². The molecule has 0 aliphatic carbocycles. The second-order valence-corrected chi connectivity index (χ2v) is 8.31. The fourth-order valence-corrected chi connectivity index (χ4v) is 3.34. The molecule has 0 N–H and O–H groups in total. The standard InChI is InChI=1S/C14H28O2.C12H24O/c1-3-4-5-6-7-8-9-10-11-12-13-16-14(2)15;1-2-3-4-5-6-7-8-9-10-11-12-13/h3-13H2,1-2H3;12H,2-11H2,1H3. The highest BCUT2D eigenvalue weighted by Gasteiger charge is 1.94. The molecule has 0 amide bonds. The molecule has 0 aromatic carbocycles. The third-order valence-electron chi connectivity index (χ3n) is 5.23. The quantitative estimate of drug-likeness (QED) is 0.108. The summed E-state index contributed by atoms with van der Waals surface area (Å²) in [5, 5.41) is 0. The van der Waals surface area contributed by atoms with Crippen molar-refractivity contribution in [2.45, 2.75) is 149 Å². The van der Waals surface area contributed by atoms with Gasteiger partial charge in [-0.15, -0.1) is 0 Å². The zero-order valence-corrected chi connectivity index (χ0v) is 20.2. The van der Waals surface area contributed by atoms with Crippen molar-refractivity contribution in [1.82, 2.24) is 0 Å². The van der Waals surface area contributed by atoms with Gasteiger partial charge in [0.1, 0.15) is 6.29 Å². The summed E-state index contributed by atoms with van der Waals surface area (Å²) in [6, 6.07) is 0. The molecule has 174 valence electrons. The molecule has 0 aromatic heterocycles. The molecule has 0 heterocycles. The number of rotatable bonds is 21. The maximum Gasteiger partial charge on any atom is 0.302 e. The van der Waals surface area contributed by atoms with Crippen LogP contribution >= 0.6 is 0 Å². The summed E-state index contributed by atoms with van der Waals surface area (Å²) in [6.07, 6.45) is 26.9. The summed E-state index contributed by atoms with van der Waals surface area (Å²) >= 11 is 0. The van der Waals surface area contributed by atoms with Crippen LogP contribution in [0, 0.1) is 0 Å². The van der Waals surface area contributed by atoms with E-state index in [9.17, 15) is 9.59 Å². The average Bonchev–Trinajstić information content (AvgIpc) is 2.71. The molecular formula is C26H52O3. The van der Waals surface area contributed by atoms with E-state index < -0.39 is 0 Å². The van der Waals surface area contributed by atoms with Crippen molar-refractivity contribution < 1.29 is 14.3 Å². The molecule has 0 atom stereocenters. The van der Waals surface area contributed by atoms with Crippen LogP contribution in [0.15, 0.2) is 0 Å². The molecule has 0 spiro atoms. The molecule has 0 fully saturated rings. The second-order valence-electron chi connectivity index (χ2n) is 8.31. The Hall–Kier alpha value is -0.860. The lowest BCUT2D eigenvalue weighted by molar-refractivity contribution is -0.141. The fraction of sp³-hybridized carbons (Fsp3) is 0.923. The second kappa shape index (κ2) is 29.3. The third-order valence-corrected chi connectivity index (χ3v) is 5.23. The van der Waals surface area contributed by atoms with Gasteiger partial charge in [0.15, 0.2) is 0 Å². The number of hydrogen-bond donors (Lipinski definition) is 0. The number of aldehydes is 1.